The largest absolute Gasteiger partial charge is 0.391 e. The van der Waals surface area contributed by atoms with Gasteiger partial charge in [0.15, 0.2) is 5.17 Å². The van der Waals surface area contributed by atoms with E-state index in [0.717, 1.165) is 17.5 Å². The minimum absolute atomic E-state index is 0.0281. The summed E-state index contributed by atoms with van der Waals surface area (Å²) >= 11 is 0.845. The molecular formula is C23H42FN9O2S. The third-order valence-corrected chi connectivity index (χ3v) is 7.18. The fraction of sp³-hybridized carbons (Fsp3) is 0.696. The van der Waals surface area contributed by atoms with Crippen molar-refractivity contribution in [2.45, 2.75) is 38.3 Å². The summed E-state index contributed by atoms with van der Waals surface area (Å²) in [7, 11) is 7.33. The standard InChI is InChI=1S/C23H42FN9O2S/c1-8-19(20(26-4)28(5)21(25)36-17(3)24)29(6)30(7)22(27-9-2)31-12-14-32(15-13-31)23(35)33-11-10-18(34)16-33/h9,17-18,25-26,34H,2,8,10-16H2,1,3-7H3/b20-19+,25-21?,27-22?/t17?,18-/m1/s1. The molecule has 2 aliphatic rings. The van der Waals surface area contributed by atoms with Crippen LogP contribution in [0.5, 0.6) is 0 Å². The van der Waals surface area contributed by atoms with Gasteiger partial charge in [0.2, 0.25) is 5.96 Å². The Balaban J connectivity index is 2.16. The van der Waals surface area contributed by atoms with Crippen molar-refractivity contribution in [1.82, 2.24) is 34.9 Å². The number of aliphatic imine (C=N–C) groups is 1. The van der Waals surface area contributed by atoms with E-state index in [1.165, 1.54) is 13.1 Å². The van der Waals surface area contributed by atoms with Gasteiger partial charge >= 0.3 is 6.03 Å². The number of urea groups is 1. The fourth-order valence-corrected chi connectivity index (χ4v) is 4.93. The third kappa shape index (κ3) is 7.19. The molecule has 2 saturated heterocycles. The Morgan fingerprint density at radius 2 is 1.83 bits per heavy atom. The molecule has 1 unspecified atom stereocenters. The Kier molecular flexibility index (Phi) is 11.2. The second-order valence-corrected chi connectivity index (χ2v) is 10.00. The number of carbonyl (C=O) groups is 1. The van der Waals surface area contributed by atoms with Gasteiger partial charge in [0.05, 0.1) is 11.8 Å². The van der Waals surface area contributed by atoms with Crippen LogP contribution in [0, 0.1) is 5.41 Å². The Hall–Kier alpha value is -2.67. The van der Waals surface area contributed by atoms with Gasteiger partial charge < -0.3 is 30.0 Å². The number of allylic oxidation sites excluding steroid dienone is 1. The van der Waals surface area contributed by atoms with Crippen LogP contribution in [-0.2, 0) is 0 Å². The number of amides is 2. The molecule has 11 nitrogen and oxygen atoms in total. The molecule has 0 aromatic rings. The predicted molar refractivity (Wildman–Crippen MR) is 144 cm³/mol. The number of nitrogens with zero attached hydrogens (tertiary/aromatic N) is 7. The first-order chi connectivity index (χ1) is 17.0. The third-order valence-electron chi connectivity index (χ3n) is 6.36. The van der Waals surface area contributed by atoms with Crippen molar-refractivity contribution in [3.05, 3.63) is 24.3 Å². The molecule has 13 heteroatoms. The monoisotopic (exact) mass is 527 g/mol. The summed E-state index contributed by atoms with van der Waals surface area (Å²) in [5, 5.41) is 25.1. The number of guanidine groups is 1. The molecule has 2 atom stereocenters. The van der Waals surface area contributed by atoms with Gasteiger partial charge in [0.25, 0.3) is 0 Å². The second kappa shape index (κ2) is 13.6. The molecule has 0 aromatic carbocycles. The smallest absolute Gasteiger partial charge is 0.320 e. The molecule has 2 rings (SSSR count). The van der Waals surface area contributed by atoms with Crippen LogP contribution in [0.4, 0.5) is 9.18 Å². The van der Waals surface area contributed by atoms with Crippen molar-refractivity contribution in [3.8, 4) is 0 Å². The topological polar surface area (TPSA) is 105 Å². The number of hydrogen-bond acceptors (Lipinski definition) is 7. The van der Waals surface area contributed by atoms with Crippen molar-refractivity contribution >= 4 is 28.9 Å². The van der Waals surface area contributed by atoms with E-state index in [0.29, 0.717) is 63.9 Å². The number of carbonyl (C=O) groups excluding carboxylic acids is 1. The molecule has 2 aliphatic heterocycles. The molecule has 0 spiro atoms. The lowest BCUT2D eigenvalue weighted by molar-refractivity contribution is 0.0997. The maximum Gasteiger partial charge on any atom is 0.320 e. The number of likely N-dealkylation sites (tertiary alicyclic amines) is 1. The van der Waals surface area contributed by atoms with Crippen LogP contribution >= 0.6 is 11.8 Å². The molecular weight excluding hydrogens is 485 g/mol. The van der Waals surface area contributed by atoms with Crippen LogP contribution in [0.2, 0.25) is 0 Å². The second-order valence-electron chi connectivity index (χ2n) is 8.73. The highest BCUT2D eigenvalue weighted by Crippen LogP contribution is 2.22. The van der Waals surface area contributed by atoms with E-state index in [2.05, 4.69) is 21.8 Å². The van der Waals surface area contributed by atoms with Gasteiger partial charge in [0.1, 0.15) is 11.3 Å². The molecule has 36 heavy (non-hydrogen) atoms. The molecule has 204 valence electrons. The van der Waals surface area contributed by atoms with Gasteiger partial charge in [-0.25, -0.2) is 14.2 Å². The van der Waals surface area contributed by atoms with Crippen molar-refractivity contribution < 1.29 is 14.3 Å². The van der Waals surface area contributed by atoms with Gasteiger partial charge in [0, 0.05) is 73.7 Å². The van der Waals surface area contributed by atoms with E-state index in [1.54, 1.807) is 23.9 Å². The van der Waals surface area contributed by atoms with Crippen molar-refractivity contribution in [1.29, 1.82) is 5.41 Å². The molecule has 0 aliphatic carbocycles. The van der Waals surface area contributed by atoms with Gasteiger partial charge in [-0.3, -0.25) is 15.4 Å². The maximum atomic E-state index is 13.5. The Labute approximate surface area is 218 Å². The summed E-state index contributed by atoms with van der Waals surface area (Å²) in [6.07, 6.45) is 2.34. The summed E-state index contributed by atoms with van der Waals surface area (Å²) in [5.41, 5.74) is -0.298. The van der Waals surface area contributed by atoms with Crippen LogP contribution in [0.3, 0.4) is 0 Å². The molecule has 0 aromatic heterocycles. The number of nitrogens with one attached hydrogen (secondary N) is 2. The molecule has 0 saturated carbocycles. The van der Waals surface area contributed by atoms with E-state index in [-0.39, 0.29) is 11.2 Å². The van der Waals surface area contributed by atoms with E-state index < -0.39 is 11.6 Å². The Bertz CT molecular complexity index is 845. The first kappa shape index (κ1) is 29.6. The van der Waals surface area contributed by atoms with Crippen molar-refractivity contribution in [2.24, 2.45) is 4.99 Å². The molecule has 2 fully saturated rings. The minimum atomic E-state index is -1.18. The first-order valence-corrected chi connectivity index (χ1v) is 13.1. The minimum Gasteiger partial charge on any atom is -0.391 e. The van der Waals surface area contributed by atoms with E-state index >= 15 is 0 Å². The highest BCUT2D eigenvalue weighted by Gasteiger charge is 2.32. The number of halogens is 1. The van der Waals surface area contributed by atoms with E-state index in [9.17, 15) is 14.3 Å². The van der Waals surface area contributed by atoms with Crippen LogP contribution < -0.4 is 5.32 Å². The number of amidine groups is 1. The summed E-state index contributed by atoms with van der Waals surface area (Å²) in [4.78, 5) is 24.6. The lowest BCUT2D eigenvalue weighted by Gasteiger charge is -2.43. The molecule has 2 amide bonds. The fourth-order valence-electron chi connectivity index (χ4n) is 4.37. The number of hydrazine groups is 1. The zero-order chi connectivity index (χ0) is 27.0. The summed E-state index contributed by atoms with van der Waals surface area (Å²) in [5.74, 6) is 1.37. The predicted octanol–water partition coefficient (Wildman–Crippen LogP) is 1.78. The normalized spacial score (nSPS) is 20.1. The number of hydrogen-bond donors (Lipinski definition) is 3. The number of β-amino-alcohol motifs (C(OH)–C–C–N with tert-alkyl or cyclic N) is 1. The average Bonchev–Trinajstić information content (AvgIpc) is 3.30. The van der Waals surface area contributed by atoms with Gasteiger partial charge in [-0.1, -0.05) is 25.3 Å². The lowest BCUT2D eigenvalue weighted by atomic mass is 10.3. The van der Waals surface area contributed by atoms with Gasteiger partial charge in [-0.15, -0.1) is 0 Å². The highest BCUT2D eigenvalue weighted by molar-refractivity contribution is 8.14. The summed E-state index contributed by atoms with van der Waals surface area (Å²) in [6, 6.07) is -0.0281. The first-order valence-electron chi connectivity index (χ1n) is 12.2. The maximum absolute atomic E-state index is 13.5. The van der Waals surface area contributed by atoms with E-state index in [4.69, 9.17) is 5.41 Å². The van der Waals surface area contributed by atoms with E-state index in [1.807, 2.05) is 35.9 Å². The number of aliphatic hydroxyl groups is 1. The van der Waals surface area contributed by atoms with Crippen molar-refractivity contribution in [3.63, 3.8) is 0 Å². The molecule has 0 radical (unpaired) electrons. The number of rotatable bonds is 7. The van der Waals surface area contributed by atoms with Gasteiger partial charge in [-0.05, 0) is 19.8 Å². The van der Waals surface area contributed by atoms with Crippen molar-refractivity contribution in [2.75, 3.05) is 67.5 Å². The zero-order valence-electron chi connectivity index (χ0n) is 22.4. The number of piperazine rings is 1. The lowest BCUT2D eigenvalue weighted by Crippen LogP contribution is -2.58. The zero-order valence-corrected chi connectivity index (χ0v) is 23.2. The van der Waals surface area contributed by atoms with Crippen LogP contribution in [0.15, 0.2) is 29.3 Å². The Morgan fingerprint density at radius 3 is 2.31 bits per heavy atom. The summed E-state index contributed by atoms with van der Waals surface area (Å²) in [6.45, 7) is 10.5. The molecule has 0 bridgehead atoms. The average molecular weight is 528 g/mol. The van der Waals surface area contributed by atoms with Gasteiger partial charge in [-0.2, -0.15) is 0 Å². The SMILES string of the molecule is C=CN=C(N1CCN(C(=O)N2CC[C@@H](O)C2)CC1)N(C)N(C)/C(CC)=C(\NC)N(C)C(=N)SC(C)F. The number of alkyl halides is 1. The van der Waals surface area contributed by atoms with Crippen LogP contribution in [-0.4, -0.2) is 131 Å². The Morgan fingerprint density at radius 1 is 1.22 bits per heavy atom. The van der Waals surface area contributed by atoms with Crippen LogP contribution in [0.25, 0.3) is 0 Å². The van der Waals surface area contributed by atoms with Crippen LogP contribution in [0.1, 0.15) is 26.7 Å². The number of aliphatic hydroxyl groups excluding tert-OH is 1. The molecule has 2 heterocycles. The number of thioether (sulfide) groups is 1. The quantitative estimate of drug-likeness (QED) is 0.262. The summed E-state index contributed by atoms with van der Waals surface area (Å²) < 4.78 is 13.5. The molecule has 3 N–H and O–H groups in total. The highest BCUT2D eigenvalue weighted by atomic mass is 32.2.